The molecule has 4 nitrogen and oxygen atoms in total. The lowest BCUT2D eigenvalue weighted by molar-refractivity contribution is -0.136. The van der Waals surface area contributed by atoms with Crippen molar-refractivity contribution >= 4 is 5.97 Å². The maximum atomic E-state index is 10.9. The Hall–Kier alpha value is -1.89. The van der Waals surface area contributed by atoms with Crippen molar-refractivity contribution in [2.75, 3.05) is 6.61 Å². The van der Waals surface area contributed by atoms with Crippen LogP contribution in [0.25, 0.3) is 0 Å². The van der Waals surface area contributed by atoms with Crippen LogP contribution < -0.4 is 0 Å². The first-order chi connectivity index (χ1) is 6.74. The van der Waals surface area contributed by atoms with E-state index in [-0.39, 0.29) is 0 Å². The van der Waals surface area contributed by atoms with E-state index in [0.717, 1.165) is 0 Å². The Kier molecular flexibility index (Phi) is 3.62. The van der Waals surface area contributed by atoms with Gasteiger partial charge in [-0.2, -0.15) is 0 Å². The quantitative estimate of drug-likeness (QED) is 0.483. The van der Waals surface area contributed by atoms with Gasteiger partial charge in [0.2, 0.25) is 0 Å². The monoisotopic (exact) mass is 190 g/mol. The number of carbonyl (C=O) groups is 1. The van der Waals surface area contributed by atoms with E-state index in [1.54, 1.807) is 20.0 Å². The summed E-state index contributed by atoms with van der Waals surface area (Å²) in [6.45, 7) is 3.84. The average Bonchev–Trinajstić information content (AvgIpc) is 2.17. The molecule has 1 aromatic rings. The average molecular weight is 190 g/mol. The van der Waals surface area contributed by atoms with Crippen LogP contribution in [0, 0.1) is 18.8 Å². The van der Waals surface area contributed by atoms with Crippen LogP contribution in [0.15, 0.2) is 12.4 Å². The predicted molar refractivity (Wildman–Crippen MR) is 50.3 cm³/mol. The van der Waals surface area contributed by atoms with Crippen LogP contribution in [0.3, 0.4) is 0 Å². The highest BCUT2D eigenvalue weighted by atomic mass is 16.5. The summed E-state index contributed by atoms with van der Waals surface area (Å²) in [5.41, 5.74) is 1.20. The zero-order valence-electron chi connectivity index (χ0n) is 8.07. The molecule has 4 heteroatoms. The molecule has 0 aromatic carbocycles. The lowest BCUT2D eigenvalue weighted by Crippen LogP contribution is -2.00. The van der Waals surface area contributed by atoms with Gasteiger partial charge in [-0.25, -0.2) is 9.78 Å². The van der Waals surface area contributed by atoms with Gasteiger partial charge in [0.25, 0.3) is 0 Å². The van der Waals surface area contributed by atoms with Crippen molar-refractivity contribution in [1.82, 2.24) is 9.97 Å². The molecule has 0 atom stereocenters. The minimum atomic E-state index is -0.544. The Labute approximate surface area is 82.3 Å². The van der Waals surface area contributed by atoms with Crippen molar-refractivity contribution in [2.24, 2.45) is 0 Å². The van der Waals surface area contributed by atoms with Gasteiger partial charge in [0, 0.05) is 18.3 Å². The van der Waals surface area contributed by atoms with Crippen molar-refractivity contribution in [3.8, 4) is 11.8 Å². The normalized spacial score (nSPS) is 8.71. The van der Waals surface area contributed by atoms with Gasteiger partial charge in [-0.1, -0.05) is 0 Å². The van der Waals surface area contributed by atoms with E-state index in [1.165, 1.54) is 6.20 Å². The van der Waals surface area contributed by atoms with E-state index >= 15 is 0 Å². The van der Waals surface area contributed by atoms with Gasteiger partial charge in [0.15, 0.2) is 0 Å². The molecular weight excluding hydrogens is 180 g/mol. The van der Waals surface area contributed by atoms with Gasteiger partial charge in [0.1, 0.15) is 5.69 Å². The third kappa shape index (κ3) is 2.87. The van der Waals surface area contributed by atoms with E-state index < -0.39 is 5.97 Å². The Morgan fingerprint density at radius 1 is 1.50 bits per heavy atom. The minimum Gasteiger partial charge on any atom is -0.456 e. The summed E-state index contributed by atoms with van der Waals surface area (Å²) in [6.07, 6.45) is 3.10. The topological polar surface area (TPSA) is 52.1 Å². The Balaban J connectivity index is 2.77. The highest BCUT2D eigenvalue weighted by Crippen LogP contribution is 1.95. The van der Waals surface area contributed by atoms with Crippen LogP contribution in [0.5, 0.6) is 0 Å². The van der Waals surface area contributed by atoms with E-state index in [4.69, 9.17) is 0 Å². The molecule has 72 valence electrons. The molecule has 0 aliphatic rings. The minimum absolute atomic E-state index is 0.326. The van der Waals surface area contributed by atoms with Crippen molar-refractivity contribution in [3.05, 3.63) is 23.8 Å². The molecule has 0 saturated heterocycles. The molecular formula is C10H10N2O2. The molecule has 0 bridgehead atoms. The SMILES string of the molecule is CCOC(=O)C#Cc1nccnc1C. The molecule has 14 heavy (non-hydrogen) atoms. The van der Waals surface area contributed by atoms with Crippen LogP contribution in [-0.4, -0.2) is 22.5 Å². The fraction of sp³-hybridized carbons (Fsp3) is 0.300. The fourth-order valence-electron chi connectivity index (χ4n) is 0.808. The number of ether oxygens (including phenoxy) is 1. The number of aromatic nitrogens is 2. The lowest BCUT2D eigenvalue weighted by atomic mass is 10.3. The van der Waals surface area contributed by atoms with E-state index in [9.17, 15) is 4.79 Å². The molecule has 0 aliphatic heterocycles. The number of esters is 1. The fourth-order valence-corrected chi connectivity index (χ4v) is 0.808. The Morgan fingerprint density at radius 3 is 2.86 bits per heavy atom. The van der Waals surface area contributed by atoms with Gasteiger partial charge in [-0.3, -0.25) is 4.98 Å². The lowest BCUT2D eigenvalue weighted by Gasteiger charge is -1.93. The number of rotatable bonds is 1. The number of hydrogen-bond donors (Lipinski definition) is 0. The highest BCUT2D eigenvalue weighted by Gasteiger charge is 1.96. The maximum Gasteiger partial charge on any atom is 0.384 e. The van der Waals surface area contributed by atoms with E-state index in [2.05, 4.69) is 26.5 Å². The summed E-state index contributed by atoms with van der Waals surface area (Å²) < 4.78 is 4.64. The van der Waals surface area contributed by atoms with Gasteiger partial charge in [-0.05, 0) is 19.8 Å². The van der Waals surface area contributed by atoms with Crippen molar-refractivity contribution in [1.29, 1.82) is 0 Å². The number of hydrogen-bond acceptors (Lipinski definition) is 4. The summed E-state index contributed by atoms with van der Waals surface area (Å²) >= 11 is 0. The molecule has 0 N–H and O–H groups in total. The second-order valence-corrected chi connectivity index (χ2v) is 2.46. The second-order valence-electron chi connectivity index (χ2n) is 2.46. The van der Waals surface area contributed by atoms with Crippen molar-refractivity contribution < 1.29 is 9.53 Å². The molecule has 1 rings (SSSR count). The van der Waals surface area contributed by atoms with Crippen LogP contribution in [0.4, 0.5) is 0 Å². The number of nitrogens with zero attached hydrogens (tertiary/aromatic N) is 2. The molecule has 0 unspecified atom stereocenters. The number of aryl methyl sites for hydroxylation is 1. The summed E-state index contributed by atoms with van der Waals surface area (Å²) in [6, 6.07) is 0. The van der Waals surface area contributed by atoms with Gasteiger partial charge in [0.05, 0.1) is 12.3 Å². The van der Waals surface area contributed by atoms with Gasteiger partial charge < -0.3 is 4.74 Å². The molecule has 0 radical (unpaired) electrons. The third-order valence-electron chi connectivity index (χ3n) is 1.44. The summed E-state index contributed by atoms with van der Waals surface area (Å²) in [7, 11) is 0. The first-order valence-corrected chi connectivity index (χ1v) is 4.20. The van der Waals surface area contributed by atoms with Crippen LogP contribution in [-0.2, 0) is 9.53 Å². The predicted octanol–water partition coefficient (Wildman–Crippen LogP) is 0.700. The molecule has 1 heterocycles. The third-order valence-corrected chi connectivity index (χ3v) is 1.44. The number of carbonyl (C=O) groups excluding carboxylic acids is 1. The summed E-state index contributed by atoms with van der Waals surface area (Å²) in [4.78, 5) is 18.8. The molecule has 0 saturated carbocycles. The van der Waals surface area contributed by atoms with Crippen LogP contribution >= 0.6 is 0 Å². The largest absolute Gasteiger partial charge is 0.456 e. The smallest absolute Gasteiger partial charge is 0.384 e. The van der Waals surface area contributed by atoms with E-state index in [1.807, 2.05) is 0 Å². The Morgan fingerprint density at radius 2 is 2.21 bits per heavy atom. The van der Waals surface area contributed by atoms with E-state index in [0.29, 0.717) is 18.0 Å². The summed E-state index contributed by atoms with van der Waals surface area (Å²) in [5.74, 6) is 4.38. The first-order valence-electron chi connectivity index (χ1n) is 4.20. The maximum absolute atomic E-state index is 10.9. The molecule has 0 amide bonds. The molecule has 0 aliphatic carbocycles. The standard InChI is InChI=1S/C10H10N2O2/c1-3-14-10(13)5-4-9-8(2)11-6-7-12-9/h6-7H,3H2,1-2H3. The molecule has 0 fully saturated rings. The highest BCUT2D eigenvalue weighted by molar-refractivity contribution is 5.89. The zero-order chi connectivity index (χ0) is 10.4. The second kappa shape index (κ2) is 4.97. The zero-order valence-corrected chi connectivity index (χ0v) is 8.07. The van der Waals surface area contributed by atoms with Crippen molar-refractivity contribution in [3.63, 3.8) is 0 Å². The summed E-state index contributed by atoms with van der Waals surface area (Å²) in [5, 5.41) is 0. The van der Waals surface area contributed by atoms with Gasteiger partial charge in [-0.15, -0.1) is 0 Å². The van der Waals surface area contributed by atoms with Crippen molar-refractivity contribution in [2.45, 2.75) is 13.8 Å². The molecule has 0 spiro atoms. The Bertz CT molecular complexity index is 391. The van der Waals surface area contributed by atoms with Crippen LogP contribution in [0.1, 0.15) is 18.3 Å². The first kappa shape index (κ1) is 10.2. The molecule has 1 aromatic heterocycles. The van der Waals surface area contributed by atoms with Crippen LogP contribution in [0.2, 0.25) is 0 Å². The van der Waals surface area contributed by atoms with Gasteiger partial charge >= 0.3 is 5.97 Å².